The van der Waals surface area contributed by atoms with E-state index in [2.05, 4.69) is 6.92 Å². The third kappa shape index (κ3) is 4.51. The molecule has 1 aromatic rings. The van der Waals surface area contributed by atoms with Crippen LogP contribution in [0.5, 0.6) is 0 Å². The van der Waals surface area contributed by atoms with E-state index in [0.29, 0.717) is 12.0 Å². The SMILES string of the molecule is CCCCCC(=O)Cc1cc(F)cc(F)c1. The Balaban J connectivity index is 2.49. The van der Waals surface area contributed by atoms with E-state index in [1.807, 2.05) is 0 Å². The lowest BCUT2D eigenvalue weighted by atomic mass is 10.0. The van der Waals surface area contributed by atoms with E-state index < -0.39 is 11.6 Å². The summed E-state index contributed by atoms with van der Waals surface area (Å²) in [5.41, 5.74) is 0.416. The van der Waals surface area contributed by atoms with Crippen LogP contribution in [0, 0.1) is 11.6 Å². The Labute approximate surface area is 94.5 Å². The Hall–Kier alpha value is -1.25. The largest absolute Gasteiger partial charge is 0.299 e. The summed E-state index contributed by atoms with van der Waals surface area (Å²) in [7, 11) is 0. The second-order valence-electron chi connectivity index (χ2n) is 3.95. The summed E-state index contributed by atoms with van der Waals surface area (Å²) in [6.45, 7) is 2.06. The van der Waals surface area contributed by atoms with Gasteiger partial charge in [0.15, 0.2) is 0 Å². The zero-order valence-electron chi connectivity index (χ0n) is 9.43. The molecule has 88 valence electrons. The lowest BCUT2D eigenvalue weighted by molar-refractivity contribution is -0.118. The summed E-state index contributed by atoms with van der Waals surface area (Å²) in [6.07, 6.45) is 3.54. The van der Waals surface area contributed by atoms with E-state index in [1.165, 1.54) is 12.1 Å². The van der Waals surface area contributed by atoms with Gasteiger partial charge in [0.05, 0.1) is 0 Å². The van der Waals surface area contributed by atoms with Gasteiger partial charge in [-0.15, -0.1) is 0 Å². The van der Waals surface area contributed by atoms with Crippen molar-refractivity contribution in [2.75, 3.05) is 0 Å². The van der Waals surface area contributed by atoms with Gasteiger partial charge in [0.2, 0.25) is 0 Å². The first kappa shape index (κ1) is 12.8. The molecule has 0 aliphatic rings. The lowest BCUT2D eigenvalue weighted by Crippen LogP contribution is -2.03. The quantitative estimate of drug-likeness (QED) is 0.676. The summed E-state index contributed by atoms with van der Waals surface area (Å²) in [6, 6.07) is 3.23. The van der Waals surface area contributed by atoms with Gasteiger partial charge in [0, 0.05) is 18.9 Å². The molecular weight excluding hydrogens is 210 g/mol. The minimum absolute atomic E-state index is 0.0402. The molecule has 0 aliphatic heterocycles. The standard InChI is InChI=1S/C13H16F2O/c1-2-3-4-5-13(16)8-10-6-11(14)9-12(15)7-10/h6-7,9H,2-5,8H2,1H3. The highest BCUT2D eigenvalue weighted by molar-refractivity contribution is 5.80. The molecule has 1 rings (SSSR count). The first-order chi connectivity index (χ1) is 7.61. The third-order valence-electron chi connectivity index (χ3n) is 2.38. The van der Waals surface area contributed by atoms with Crippen LogP contribution in [0.3, 0.4) is 0 Å². The van der Waals surface area contributed by atoms with E-state index >= 15 is 0 Å². The van der Waals surface area contributed by atoms with Crippen LogP contribution < -0.4 is 0 Å². The predicted molar refractivity (Wildman–Crippen MR) is 59.2 cm³/mol. The van der Waals surface area contributed by atoms with Gasteiger partial charge in [0.1, 0.15) is 17.4 Å². The van der Waals surface area contributed by atoms with Crippen LogP contribution in [0.15, 0.2) is 18.2 Å². The molecule has 0 aliphatic carbocycles. The van der Waals surface area contributed by atoms with Crippen molar-refractivity contribution >= 4 is 5.78 Å². The maximum absolute atomic E-state index is 12.8. The molecule has 1 nitrogen and oxygen atoms in total. The molecule has 0 amide bonds. The molecule has 0 aromatic heterocycles. The number of halogens is 2. The van der Waals surface area contributed by atoms with Crippen molar-refractivity contribution in [1.82, 2.24) is 0 Å². The zero-order chi connectivity index (χ0) is 12.0. The van der Waals surface area contributed by atoms with E-state index in [-0.39, 0.29) is 12.2 Å². The normalized spacial score (nSPS) is 10.4. The Bertz CT molecular complexity index is 341. The number of Topliss-reactive ketones (excluding diaryl/α,β-unsaturated/α-hetero) is 1. The fourth-order valence-electron chi connectivity index (χ4n) is 1.60. The van der Waals surface area contributed by atoms with Gasteiger partial charge in [0.25, 0.3) is 0 Å². The molecule has 0 unspecified atom stereocenters. The molecule has 3 heteroatoms. The van der Waals surface area contributed by atoms with Crippen LogP contribution in [-0.4, -0.2) is 5.78 Å². The number of unbranched alkanes of at least 4 members (excludes halogenated alkanes) is 2. The molecule has 0 bridgehead atoms. The number of rotatable bonds is 6. The van der Waals surface area contributed by atoms with Crippen molar-refractivity contribution in [3.63, 3.8) is 0 Å². The van der Waals surface area contributed by atoms with E-state index in [9.17, 15) is 13.6 Å². The Morgan fingerprint density at radius 2 is 1.75 bits per heavy atom. The average Bonchev–Trinajstić information content (AvgIpc) is 2.16. The topological polar surface area (TPSA) is 17.1 Å². The molecule has 0 N–H and O–H groups in total. The van der Waals surface area contributed by atoms with Crippen LogP contribution in [0.1, 0.15) is 38.2 Å². The predicted octanol–water partition coefficient (Wildman–Crippen LogP) is 3.66. The van der Waals surface area contributed by atoms with Gasteiger partial charge in [-0.25, -0.2) is 8.78 Å². The first-order valence-corrected chi connectivity index (χ1v) is 5.58. The maximum Gasteiger partial charge on any atom is 0.137 e. The van der Waals surface area contributed by atoms with Crippen molar-refractivity contribution in [2.24, 2.45) is 0 Å². The second-order valence-corrected chi connectivity index (χ2v) is 3.95. The van der Waals surface area contributed by atoms with Crippen molar-refractivity contribution in [1.29, 1.82) is 0 Å². The van der Waals surface area contributed by atoms with E-state index in [1.54, 1.807) is 0 Å². The fourth-order valence-corrected chi connectivity index (χ4v) is 1.60. The molecule has 0 fully saturated rings. The lowest BCUT2D eigenvalue weighted by Gasteiger charge is -2.02. The minimum Gasteiger partial charge on any atom is -0.299 e. The second kappa shape index (κ2) is 6.36. The summed E-state index contributed by atoms with van der Waals surface area (Å²) < 4.78 is 25.7. The van der Waals surface area contributed by atoms with Gasteiger partial charge >= 0.3 is 0 Å². The fraction of sp³-hybridized carbons (Fsp3) is 0.462. The number of ketones is 1. The number of carbonyl (C=O) groups excluding carboxylic acids is 1. The Kier molecular flexibility index (Phi) is 5.09. The number of carbonyl (C=O) groups is 1. The van der Waals surface area contributed by atoms with Crippen molar-refractivity contribution in [2.45, 2.75) is 39.0 Å². The van der Waals surface area contributed by atoms with Gasteiger partial charge in [-0.3, -0.25) is 4.79 Å². The van der Waals surface area contributed by atoms with Gasteiger partial charge in [-0.1, -0.05) is 19.8 Å². The maximum atomic E-state index is 12.8. The van der Waals surface area contributed by atoms with Crippen molar-refractivity contribution < 1.29 is 13.6 Å². The van der Waals surface area contributed by atoms with Crippen LogP contribution in [0.25, 0.3) is 0 Å². The summed E-state index contributed by atoms with van der Waals surface area (Å²) in [5, 5.41) is 0. The molecule has 0 saturated carbocycles. The summed E-state index contributed by atoms with van der Waals surface area (Å²) in [4.78, 5) is 11.5. The van der Waals surface area contributed by atoms with Crippen molar-refractivity contribution in [3.05, 3.63) is 35.4 Å². The highest BCUT2D eigenvalue weighted by atomic mass is 19.1. The highest BCUT2D eigenvalue weighted by Gasteiger charge is 2.06. The van der Waals surface area contributed by atoms with Crippen LogP contribution in [-0.2, 0) is 11.2 Å². The Morgan fingerprint density at radius 1 is 1.12 bits per heavy atom. The highest BCUT2D eigenvalue weighted by Crippen LogP contribution is 2.10. The molecule has 0 spiro atoms. The van der Waals surface area contributed by atoms with Gasteiger partial charge in [-0.2, -0.15) is 0 Å². The monoisotopic (exact) mass is 226 g/mol. The smallest absolute Gasteiger partial charge is 0.137 e. The third-order valence-corrected chi connectivity index (χ3v) is 2.38. The van der Waals surface area contributed by atoms with E-state index in [4.69, 9.17) is 0 Å². The van der Waals surface area contributed by atoms with Gasteiger partial charge < -0.3 is 0 Å². The van der Waals surface area contributed by atoms with Crippen molar-refractivity contribution in [3.8, 4) is 0 Å². The van der Waals surface area contributed by atoms with Gasteiger partial charge in [-0.05, 0) is 24.1 Å². The van der Waals surface area contributed by atoms with Crippen LogP contribution in [0.2, 0.25) is 0 Å². The molecule has 0 saturated heterocycles. The molecule has 0 atom stereocenters. The zero-order valence-corrected chi connectivity index (χ0v) is 9.43. The molecule has 0 radical (unpaired) electrons. The number of benzene rings is 1. The number of hydrogen-bond acceptors (Lipinski definition) is 1. The van der Waals surface area contributed by atoms with Crippen LogP contribution >= 0.6 is 0 Å². The molecule has 0 heterocycles. The summed E-state index contributed by atoms with van der Waals surface area (Å²) >= 11 is 0. The molecule has 1 aromatic carbocycles. The minimum atomic E-state index is -0.628. The number of hydrogen-bond donors (Lipinski definition) is 0. The summed E-state index contributed by atoms with van der Waals surface area (Å²) in [5.74, 6) is -1.22. The Morgan fingerprint density at radius 3 is 2.31 bits per heavy atom. The molecular formula is C13H16F2O. The van der Waals surface area contributed by atoms with Crippen LogP contribution in [0.4, 0.5) is 8.78 Å². The average molecular weight is 226 g/mol. The van der Waals surface area contributed by atoms with E-state index in [0.717, 1.165) is 25.3 Å². The first-order valence-electron chi connectivity index (χ1n) is 5.58. The molecule has 16 heavy (non-hydrogen) atoms.